The first-order valence-electron chi connectivity index (χ1n) is 7.21. The predicted octanol–water partition coefficient (Wildman–Crippen LogP) is 1.02. The molecular weight excluding hydrogens is 240 g/mol. The van der Waals surface area contributed by atoms with Gasteiger partial charge in [0.05, 0.1) is 11.8 Å². The van der Waals surface area contributed by atoms with Gasteiger partial charge in [0.1, 0.15) is 0 Å². The van der Waals surface area contributed by atoms with E-state index in [1.807, 2.05) is 0 Å². The average molecular weight is 264 g/mol. The number of rotatable bonds is 4. The second-order valence-corrected chi connectivity index (χ2v) is 5.06. The van der Waals surface area contributed by atoms with Gasteiger partial charge in [-0.1, -0.05) is 13.8 Å². The zero-order valence-electron chi connectivity index (χ0n) is 11.9. The van der Waals surface area contributed by atoms with Crippen LogP contribution in [0.15, 0.2) is 0 Å². The van der Waals surface area contributed by atoms with Crippen LogP contribution in [0.5, 0.6) is 0 Å². The molecule has 1 saturated heterocycles. The second-order valence-electron chi connectivity index (χ2n) is 5.06. The van der Waals surface area contributed by atoms with Crippen LogP contribution in [0, 0.1) is 0 Å². The predicted molar refractivity (Wildman–Crippen MR) is 76.1 cm³/mol. The molecule has 1 aromatic heterocycles. The number of hydrogen-bond acceptors (Lipinski definition) is 5. The van der Waals surface area contributed by atoms with Gasteiger partial charge in [-0.15, -0.1) is 5.10 Å². The molecule has 1 fully saturated rings. The summed E-state index contributed by atoms with van der Waals surface area (Å²) in [6, 6.07) is 0. The van der Waals surface area contributed by atoms with Crippen molar-refractivity contribution in [2.45, 2.75) is 52.2 Å². The van der Waals surface area contributed by atoms with Crippen molar-refractivity contribution in [2.24, 2.45) is 5.73 Å². The Labute approximate surface area is 114 Å². The summed E-state index contributed by atoms with van der Waals surface area (Å²) in [5, 5.41) is 18.3. The highest BCUT2D eigenvalue weighted by Gasteiger charge is 2.22. The maximum atomic E-state index is 9.60. The third kappa shape index (κ3) is 2.87. The lowest BCUT2D eigenvalue weighted by Gasteiger charge is -2.32. The van der Waals surface area contributed by atoms with Crippen LogP contribution in [0.1, 0.15) is 43.5 Å². The maximum absolute atomic E-state index is 9.60. The highest BCUT2D eigenvalue weighted by Crippen LogP contribution is 2.26. The fourth-order valence-corrected chi connectivity index (χ4v) is 2.79. The van der Waals surface area contributed by atoms with Crippen molar-refractivity contribution in [3.63, 3.8) is 0 Å². The summed E-state index contributed by atoms with van der Waals surface area (Å²) >= 11 is 0. The number of anilines is 1. The summed E-state index contributed by atoms with van der Waals surface area (Å²) in [6.07, 6.45) is 3.24. The summed E-state index contributed by atoms with van der Waals surface area (Å²) in [6.45, 7) is 6.40. The molecule has 0 bridgehead atoms. The summed E-state index contributed by atoms with van der Waals surface area (Å²) in [7, 11) is 0. The van der Waals surface area contributed by atoms with E-state index in [0.717, 1.165) is 55.8 Å². The van der Waals surface area contributed by atoms with Crippen LogP contribution >= 0.6 is 0 Å². The van der Waals surface area contributed by atoms with Crippen LogP contribution in [0.4, 0.5) is 5.82 Å². The number of nitrogens with two attached hydrogens (primary N) is 1. The lowest BCUT2D eigenvalue weighted by atomic mass is 10.0. The molecule has 1 aromatic rings. The van der Waals surface area contributed by atoms with E-state index < -0.39 is 0 Å². The Morgan fingerprint density at radius 1 is 1.16 bits per heavy atom. The standard InChI is InChI=1S/C14H24N4O/c1-3-11-12(9-15)14(17-16-13(11)4-2)18-7-5-10(19)6-8-18/h10,19H,3-9,15H2,1-2H3. The van der Waals surface area contributed by atoms with Gasteiger partial charge in [-0.3, -0.25) is 0 Å². The van der Waals surface area contributed by atoms with Gasteiger partial charge < -0.3 is 15.7 Å². The van der Waals surface area contributed by atoms with Crippen molar-refractivity contribution in [2.75, 3.05) is 18.0 Å². The molecule has 0 radical (unpaired) electrons. The fraction of sp³-hybridized carbons (Fsp3) is 0.714. The number of piperidine rings is 1. The van der Waals surface area contributed by atoms with E-state index in [2.05, 4.69) is 28.9 Å². The molecule has 5 nitrogen and oxygen atoms in total. The topological polar surface area (TPSA) is 75.3 Å². The van der Waals surface area contributed by atoms with Crippen LogP contribution in [-0.2, 0) is 19.4 Å². The van der Waals surface area contributed by atoms with Crippen LogP contribution in [0.25, 0.3) is 0 Å². The van der Waals surface area contributed by atoms with E-state index in [9.17, 15) is 5.11 Å². The maximum Gasteiger partial charge on any atom is 0.156 e. The van der Waals surface area contributed by atoms with Crippen molar-refractivity contribution in [1.82, 2.24) is 10.2 Å². The number of aliphatic hydroxyl groups is 1. The summed E-state index contributed by atoms with van der Waals surface area (Å²) in [5.41, 5.74) is 9.38. The summed E-state index contributed by atoms with van der Waals surface area (Å²) in [4.78, 5) is 2.21. The molecule has 0 amide bonds. The number of aliphatic hydroxyl groups excluding tert-OH is 1. The first-order chi connectivity index (χ1) is 9.21. The molecule has 2 rings (SSSR count). The average Bonchev–Trinajstić information content (AvgIpc) is 2.46. The Balaban J connectivity index is 2.34. The molecule has 0 aromatic carbocycles. The minimum atomic E-state index is -0.175. The highest BCUT2D eigenvalue weighted by atomic mass is 16.3. The molecule has 0 saturated carbocycles. The normalized spacial score (nSPS) is 16.9. The smallest absolute Gasteiger partial charge is 0.156 e. The lowest BCUT2D eigenvalue weighted by Crippen LogP contribution is -2.37. The first kappa shape index (κ1) is 14.2. The van der Waals surface area contributed by atoms with Crippen LogP contribution in [-0.4, -0.2) is 34.5 Å². The SMILES string of the molecule is CCc1nnc(N2CCC(O)CC2)c(CN)c1CC. The van der Waals surface area contributed by atoms with E-state index in [4.69, 9.17) is 5.73 Å². The van der Waals surface area contributed by atoms with Gasteiger partial charge in [0, 0.05) is 25.2 Å². The molecule has 0 unspecified atom stereocenters. The lowest BCUT2D eigenvalue weighted by molar-refractivity contribution is 0.145. The molecule has 2 heterocycles. The zero-order valence-corrected chi connectivity index (χ0v) is 11.9. The van der Waals surface area contributed by atoms with Gasteiger partial charge in [0.25, 0.3) is 0 Å². The third-order valence-corrected chi connectivity index (χ3v) is 3.90. The Morgan fingerprint density at radius 3 is 2.37 bits per heavy atom. The van der Waals surface area contributed by atoms with E-state index in [0.29, 0.717) is 6.54 Å². The molecule has 0 spiro atoms. The van der Waals surface area contributed by atoms with E-state index in [1.165, 1.54) is 5.56 Å². The van der Waals surface area contributed by atoms with Gasteiger partial charge in [-0.2, -0.15) is 5.10 Å². The van der Waals surface area contributed by atoms with Crippen molar-refractivity contribution >= 4 is 5.82 Å². The van der Waals surface area contributed by atoms with Crippen LogP contribution in [0.3, 0.4) is 0 Å². The van der Waals surface area contributed by atoms with Crippen molar-refractivity contribution in [3.8, 4) is 0 Å². The zero-order chi connectivity index (χ0) is 13.8. The van der Waals surface area contributed by atoms with Gasteiger partial charge in [0.2, 0.25) is 0 Å². The number of nitrogens with zero attached hydrogens (tertiary/aromatic N) is 3. The van der Waals surface area contributed by atoms with Crippen molar-refractivity contribution < 1.29 is 5.11 Å². The van der Waals surface area contributed by atoms with E-state index in [-0.39, 0.29) is 6.10 Å². The number of hydrogen-bond donors (Lipinski definition) is 2. The van der Waals surface area contributed by atoms with Crippen LogP contribution < -0.4 is 10.6 Å². The molecule has 5 heteroatoms. The molecule has 1 aliphatic rings. The molecule has 0 aliphatic carbocycles. The summed E-state index contributed by atoms with van der Waals surface area (Å²) in [5.74, 6) is 0.920. The summed E-state index contributed by atoms with van der Waals surface area (Å²) < 4.78 is 0. The molecule has 1 aliphatic heterocycles. The Bertz CT molecular complexity index is 428. The van der Waals surface area contributed by atoms with Gasteiger partial charge in [-0.05, 0) is 31.2 Å². The molecule has 0 atom stereocenters. The minimum Gasteiger partial charge on any atom is -0.393 e. The Hall–Kier alpha value is -1.20. The quantitative estimate of drug-likeness (QED) is 0.849. The molecular formula is C14H24N4O. The second kappa shape index (κ2) is 6.30. The van der Waals surface area contributed by atoms with E-state index in [1.54, 1.807) is 0 Å². The minimum absolute atomic E-state index is 0.175. The first-order valence-corrected chi connectivity index (χ1v) is 7.21. The van der Waals surface area contributed by atoms with Crippen LogP contribution in [0.2, 0.25) is 0 Å². The third-order valence-electron chi connectivity index (χ3n) is 3.90. The van der Waals surface area contributed by atoms with Gasteiger partial charge in [0.15, 0.2) is 5.82 Å². The number of aromatic nitrogens is 2. The largest absolute Gasteiger partial charge is 0.393 e. The fourth-order valence-electron chi connectivity index (χ4n) is 2.79. The molecule has 106 valence electrons. The number of aryl methyl sites for hydroxylation is 1. The van der Waals surface area contributed by atoms with Crippen molar-refractivity contribution in [3.05, 3.63) is 16.8 Å². The molecule has 19 heavy (non-hydrogen) atoms. The van der Waals surface area contributed by atoms with Gasteiger partial charge >= 0.3 is 0 Å². The Morgan fingerprint density at radius 2 is 1.84 bits per heavy atom. The monoisotopic (exact) mass is 264 g/mol. The van der Waals surface area contributed by atoms with Crippen molar-refractivity contribution in [1.29, 1.82) is 0 Å². The Kier molecular flexibility index (Phi) is 4.71. The molecule has 3 N–H and O–H groups in total. The van der Waals surface area contributed by atoms with E-state index >= 15 is 0 Å². The highest BCUT2D eigenvalue weighted by molar-refractivity contribution is 5.51. The van der Waals surface area contributed by atoms with Gasteiger partial charge in [-0.25, -0.2) is 0 Å².